The molecule has 5 rings (SSSR count). The van der Waals surface area contributed by atoms with Gasteiger partial charge < -0.3 is 15.4 Å². The van der Waals surface area contributed by atoms with Gasteiger partial charge in [-0.1, -0.05) is 0 Å². The molecule has 45 heavy (non-hydrogen) atoms. The molecule has 2 aliphatic carbocycles. The van der Waals surface area contributed by atoms with E-state index in [9.17, 15) is 40.3 Å². The zero-order chi connectivity index (χ0) is 32.4. The number of nitrogens with one attached hydrogen (secondary N) is 2. The van der Waals surface area contributed by atoms with Gasteiger partial charge in [0, 0.05) is 37.1 Å². The van der Waals surface area contributed by atoms with Crippen LogP contribution in [0.1, 0.15) is 85.1 Å². The Bertz CT molecular complexity index is 1500. The second kappa shape index (κ2) is 13.2. The highest BCUT2D eigenvalue weighted by Gasteiger charge is 2.40. The first kappa shape index (κ1) is 32.4. The normalized spacial score (nSPS) is 18.5. The van der Waals surface area contributed by atoms with Gasteiger partial charge in [0.2, 0.25) is 17.7 Å². The van der Waals surface area contributed by atoms with Crippen molar-refractivity contribution in [2.75, 3.05) is 6.61 Å². The highest BCUT2D eigenvalue weighted by atomic mass is 19.4. The maximum Gasteiger partial charge on any atom is 0.389 e. The van der Waals surface area contributed by atoms with Crippen LogP contribution in [0.5, 0.6) is 5.88 Å². The van der Waals surface area contributed by atoms with Gasteiger partial charge in [-0.05, 0) is 55.2 Å². The second-order valence-electron chi connectivity index (χ2n) is 11.5. The van der Waals surface area contributed by atoms with Gasteiger partial charge in [-0.3, -0.25) is 9.59 Å². The van der Waals surface area contributed by atoms with E-state index < -0.39 is 67.8 Å². The summed E-state index contributed by atoms with van der Waals surface area (Å²) in [5.74, 6) is -4.75. The van der Waals surface area contributed by atoms with Crippen LogP contribution in [-0.2, 0) is 4.79 Å². The first-order valence-corrected chi connectivity index (χ1v) is 14.5. The number of fused-ring (bicyclic) bond motifs is 1. The van der Waals surface area contributed by atoms with Crippen LogP contribution in [0.15, 0.2) is 36.8 Å². The summed E-state index contributed by atoms with van der Waals surface area (Å²) in [6, 6.07) is 2.82. The van der Waals surface area contributed by atoms with Crippen LogP contribution in [0.2, 0.25) is 0 Å². The summed E-state index contributed by atoms with van der Waals surface area (Å²) in [5, 5.41) is 9.90. The number of carbonyl (C=O) groups is 2. The first-order chi connectivity index (χ1) is 21.3. The van der Waals surface area contributed by atoms with Gasteiger partial charge in [-0.25, -0.2) is 32.0 Å². The molecule has 0 aromatic carbocycles. The number of hydrogen-bond acceptors (Lipinski definition) is 6. The van der Waals surface area contributed by atoms with E-state index in [1.54, 1.807) is 12.3 Å². The monoisotopic (exact) mass is 644 g/mol. The zero-order valence-corrected chi connectivity index (χ0v) is 23.9. The van der Waals surface area contributed by atoms with Crippen molar-refractivity contribution in [3.8, 4) is 5.88 Å². The maximum absolute atomic E-state index is 14.0. The largest absolute Gasteiger partial charge is 0.472 e. The van der Waals surface area contributed by atoms with Crippen LogP contribution in [0, 0.1) is 11.8 Å². The standard InChI is InChI=1S/C29H31F7N6O3/c30-21(31)15-45-24-12-18(6-10-37-24)27(44)41-26(17-3-7-28(32,33)8-4-17)20-14-42-22(39-20)11-19(13-38-42)25(16-1-2-16)40-23(43)5-9-29(34,35)36/h6,10-14,16-17,21,25-26H,1-5,7-9,15H2,(H,40,43)(H,41,44)/t25?,26-/m0/s1. The van der Waals surface area contributed by atoms with Crippen molar-refractivity contribution < 1.29 is 45.1 Å². The number of rotatable bonds is 12. The number of ether oxygens (including phenoxy) is 1. The van der Waals surface area contributed by atoms with E-state index in [1.165, 1.54) is 29.0 Å². The van der Waals surface area contributed by atoms with Crippen LogP contribution < -0.4 is 15.4 Å². The number of aromatic nitrogens is 4. The molecule has 2 amide bonds. The Morgan fingerprint density at radius 1 is 1.04 bits per heavy atom. The molecule has 244 valence electrons. The van der Waals surface area contributed by atoms with Crippen molar-refractivity contribution in [1.29, 1.82) is 0 Å². The fourth-order valence-corrected chi connectivity index (χ4v) is 5.47. The van der Waals surface area contributed by atoms with Crippen LogP contribution in [-0.4, -0.2) is 56.5 Å². The summed E-state index contributed by atoms with van der Waals surface area (Å²) in [6.45, 7) is -0.911. The highest BCUT2D eigenvalue weighted by Crippen LogP contribution is 2.43. The second-order valence-corrected chi connectivity index (χ2v) is 11.5. The smallest absolute Gasteiger partial charge is 0.389 e. The van der Waals surface area contributed by atoms with Gasteiger partial charge >= 0.3 is 6.18 Å². The van der Waals surface area contributed by atoms with Crippen LogP contribution in [0.3, 0.4) is 0 Å². The molecule has 0 saturated heterocycles. The molecule has 2 aliphatic rings. The summed E-state index contributed by atoms with van der Waals surface area (Å²) in [5.41, 5.74) is 1.26. The molecule has 2 atom stereocenters. The molecule has 9 nitrogen and oxygen atoms in total. The number of hydrogen-bond donors (Lipinski definition) is 2. The number of amides is 2. The molecular formula is C29H31F7N6O3. The van der Waals surface area contributed by atoms with E-state index in [0.717, 1.165) is 12.8 Å². The lowest BCUT2D eigenvalue weighted by atomic mass is 9.81. The molecule has 1 unspecified atom stereocenters. The Labute approximate surface area is 252 Å². The van der Waals surface area contributed by atoms with Crippen LogP contribution in [0.25, 0.3) is 5.65 Å². The number of carbonyl (C=O) groups excluding carboxylic acids is 2. The van der Waals surface area contributed by atoms with Crippen molar-refractivity contribution >= 4 is 17.5 Å². The summed E-state index contributed by atoms with van der Waals surface area (Å²) < 4.78 is 97.4. The predicted octanol–water partition coefficient (Wildman–Crippen LogP) is 5.97. The molecule has 2 N–H and O–H groups in total. The van der Waals surface area contributed by atoms with Gasteiger partial charge in [0.1, 0.15) is 0 Å². The molecule has 16 heteroatoms. The zero-order valence-electron chi connectivity index (χ0n) is 23.9. The summed E-state index contributed by atoms with van der Waals surface area (Å²) in [7, 11) is 0. The SMILES string of the molecule is O=C(CCC(F)(F)F)NC(c1cnn2cc([C@@H](NC(=O)c3ccnc(OCC(F)F)c3)C3CCC(F)(F)CC3)nc2c1)C1CC1. The number of alkyl halides is 7. The highest BCUT2D eigenvalue weighted by molar-refractivity contribution is 5.94. The Morgan fingerprint density at radius 2 is 1.76 bits per heavy atom. The Balaban J connectivity index is 1.38. The summed E-state index contributed by atoms with van der Waals surface area (Å²) in [6.07, 6.45) is -3.89. The number of nitrogens with zero attached hydrogens (tertiary/aromatic N) is 4. The molecule has 0 bridgehead atoms. The molecule has 2 saturated carbocycles. The van der Waals surface area contributed by atoms with Crippen molar-refractivity contribution in [2.45, 2.75) is 82.0 Å². The van der Waals surface area contributed by atoms with E-state index in [-0.39, 0.29) is 43.0 Å². The fourth-order valence-electron chi connectivity index (χ4n) is 5.47. The fraction of sp³-hybridized carbons (Fsp3) is 0.552. The topological polar surface area (TPSA) is 111 Å². The van der Waals surface area contributed by atoms with Crippen molar-refractivity contribution in [3.05, 3.63) is 53.6 Å². The Kier molecular flexibility index (Phi) is 9.49. The van der Waals surface area contributed by atoms with E-state index >= 15 is 0 Å². The van der Waals surface area contributed by atoms with E-state index in [1.807, 2.05) is 0 Å². The summed E-state index contributed by atoms with van der Waals surface area (Å²) >= 11 is 0. The quantitative estimate of drug-likeness (QED) is 0.235. The molecular weight excluding hydrogens is 613 g/mol. The third-order valence-electron chi connectivity index (χ3n) is 7.96. The maximum atomic E-state index is 14.0. The molecule has 3 aromatic heterocycles. The Hall–Kier alpha value is -3.98. The van der Waals surface area contributed by atoms with Crippen molar-refractivity contribution in [1.82, 2.24) is 30.2 Å². The van der Waals surface area contributed by atoms with E-state index in [4.69, 9.17) is 4.74 Å². The number of halogens is 7. The minimum atomic E-state index is -4.46. The predicted molar refractivity (Wildman–Crippen MR) is 145 cm³/mol. The minimum Gasteiger partial charge on any atom is -0.472 e. The number of imidazole rings is 1. The average molecular weight is 645 g/mol. The van der Waals surface area contributed by atoms with E-state index in [2.05, 4.69) is 25.7 Å². The Morgan fingerprint density at radius 3 is 2.42 bits per heavy atom. The third kappa shape index (κ3) is 8.81. The van der Waals surface area contributed by atoms with Crippen molar-refractivity contribution in [2.24, 2.45) is 11.8 Å². The average Bonchev–Trinajstić information content (AvgIpc) is 3.74. The van der Waals surface area contributed by atoms with Gasteiger partial charge in [0.25, 0.3) is 12.3 Å². The van der Waals surface area contributed by atoms with Gasteiger partial charge in [0.05, 0.1) is 36.6 Å². The lowest BCUT2D eigenvalue weighted by Crippen LogP contribution is -2.37. The van der Waals surface area contributed by atoms with Crippen LogP contribution >= 0.6 is 0 Å². The minimum absolute atomic E-state index is 0.0318. The molecule has 0 spiro atoms. The number of pyridine rings is 1. The molecule has 3 aromatic rings. The van der Waals surface area contributed by atoms with Crippen LogP contribution in [0.4, 0.5) is 30.7 Å². The van der Waals surface area contributed by atoms with Gasteiger partial charge in [0.15, 0.2) is 12.3 Å². The van der Waals surface area contributed by atoms with Gasteiger partial charge in [-0.2, -0.15) is 18.3 Å². The molecule has 3 heterocycles. The summed E-state index contributed by atoms with van der Waals surface area (Å²) in [4.78, 5) is 34.0. The molecule has 2 fully saturated rings. The lowest BCUT2D eigenvalue weighted by Gasteiger charge is -2.33. The lowest BCUT2D eigenvalue weighted by molar-refractivity contribution is -0.144. The van der Waals surface area contributed by atoms with Crippen molar-refractivity contribution in [3.63, 3.8) is 0 Å². The van der Waals surface area contributed by atoms with Gasteiger partial charge in [-0.15, -0.1) is 0 Å². The third-order valence-corrected chi connectivity index (χ3v) is 7.96. The molecule has 0 aliphatic heterocycles. The van der Waals surface area contributed by atoms with E-state index in [0.29, 0.717) is 16.9 Å². The molecule has 0 radical (unpaired) electrons. The first-order valence-electron chi connectivity index (χ1n) is 14.5.